The van der Waals surface area contributed by atoms with Crippen LogP contribution < -0.4 is 5.32 Å². The molecule has 1 atom stereocenters. The fourth-order valence-electron chi connectivity index (χ4n) is 2.20. The Morgan fingerprint density at radius 1 is 1.24 bits per heavy atom. The molecule has 1 heterocycles. The second-order valence-corrected chi connectivity index (χ2v) is 6.69. The van der Waals surface area contributed by atoms with Crippen molar-refractivity contribution in [1.82, 2.24) is 15.5 Å². The first-order chi connectivity index (χ1) is 11.5. The SMILES string of the molecule is CC(C)(C)C(Cc1ccc(-c2noc(C(F)(F)F)n2)cc1)NC(=O)O. The van der Waals surface area contributed by atoms with Gasteiger partial charge < -0.3 is 14.9 Å². The van der Waals surface area contributed by atoms with Gasteiger partial charge >= 0.3 is 18.2 Å². The van der Waals surface area contributed by atoms with E-state index in [1.54, 1.807) is 24.3 Å². The Labute approximate surface area is 142 Å². The van der Waals surface area contributed by atoms with Crippen LogP contribution in [0.25, 0.3) is 11.4 Å². The van der Waals surface area contributed by atoms with Crippen molar-refractivity contribution >= 4 is 6.09 Å². The molecule has 6 nitrogen and oxygen atoms in total. The Bertz CT molecular complexity index is 734. The number of benzene rings is 1. The number of carboxylic acid groups (broad SMARTS) is 1. The Morgan fingerprint density at radius 2 is 1.84 bits per heavy atom. The third kappa shape index (κ3) is 4.94. The summed E-state index contributed by atoms with van der Waals surface area (Å²) in [5.41, 5.74) is 0.908. The predicted molar refractivity (Wildman–Crippen MR) is 82.8 cm³/mol. The molecule has 9 heteroatoms. The van der Waals surface area contributed by atoms with Crippen LogP contribution in [0.1, 0.15) is 32.2 Å². The molecule has 2 N–H and O–H groups in total. The largest absolute Gasteiger partial charge is 0.471 e. The quantitative estimate of drug-likeness (QED) is 0.864. The Balaban J connectivity index is 2.16. The lowest BCUT2D eigenvalue weighted by Gasteiger charge is -2.30. The van der Waals surface area contributed by atoms with Gasteiger partial charge in [0.25, 0.3) is 0 Å². The van der Waals surface area contributed by atoms with Crippen LogP contribution in [-0.4, -0.2) is 27.4 Å². The van der Waals surface area contributed by atoms with Crippen LogP contribution in [0.2, 0.25) is 0 Å². The second kappa shape index (κ2) is 6.73. The molecule has 1 unspecified atom stereocenters. The molecule has 1 aromatic heterocycles. The van der Waals surface area contributed by atoms with Gasteiger partial charge in [-0.3, -0.25) is 0 Å². The Hall–Kier alpha value is -2.58. The number of nitrogens with zero attached hydrogens (tertiary/aromatic N) is 2. The van der Waals surface area contributed by atoms with E-state index in [-0.39, 0.29) is 17.3 Å². The fourth-order valence-corrected chi connectivity index (χ4v) is 2.20. The maximum absolute atomic E-state index is 12.5. The van der Waals surface area contributed by atoms with E-state index in [1.807, 2.05) is 20.8 Å². The minimum atomic E-state index is -4.69. The summed E-state index contributed by atoms with van der Waals surface area (Å²) in [6.07, 6.45) is -5.35. The van der Waals surface area contributed by atoms with Gasteiger partial charge in [0.05, 0.1) is 0 Å². The molecular formula is C16H18F3N3O3. The number of halogens is 3. The van der Waals surface area contributed by atoms with Crippen molar-refractivity contribution in [3.63, 3.8) is 0 Å². The molecule has 0 aliphatic rings. The standard InChI is InChI=1S/C16H18F3N3O3/c1-15(2,3)11(20-14(23)24)8-9-4-6-10(7-5-9)12-21-13(25-22-12)16(17,18)19/h4-7,11,20H,8H2,1-3H3,(H,23,24). The van der Waals surface area contributed by atoms with E-state index in [1.165, 1.54) is 0 Å². The predicted octanol–water partition coefficient (Wildman–Crippen LogP) is 3.98. The van der Waals surface area contributed by atoms with E-state index >= 15 is 0 Å². The van der Waals surface area contributed by atoms with Crippen LogP contribution in [0.3, 0.4) is 0 Å². The van der Waals surface area contributed by atoms with Crippen molar-refractivity contribution in [2.75, 3.05) is 0 Å². The van der Waals surface area contributed by atoms with Gasteiger partial charge in [-0.25, -0.2) is 4.79 Å². The third-order valence-electron chi connectivity index (χ3n) is 3.66. The highest BCUT2D eigenvalue weighted by Crippen LogP contribution is 2.29. The summed E-state index contributed by atoms with van der Waals surface area (Å²) in [4.78, 5) is 14.3. The van der Waals surface area contributed by atoms with E-state index in [2.05, 4.69) is 20.0 Å². The number of nitrogens with one attached hydrogen (secondary N) is 1. The molecule has 0 fully saturated rings. The van der Waals surface area contributed by atoms with Crippen molar-refractivity contribution in [3.05, 3.63) is 35.7 Å². The molecule has 136 valence electrons. The first-order valence-electron chi connectivity index (χ1n) is 7.46. The first-order valence-corrected chi connectivity index (χ1v) is 7.46. The molecule has 0 radical (unpaired) electrons. The smallest absolute Gasteiger partial charge is 0.465 e. The molecule has 0 saturated heterocycles. The highest BCUT2D eigenvalue weighted by molar-refractivity contribution is 5.65. The maximum Gasteiger partial charge on any atom is 0.471 e. The van der Waals surface area contributed by atoms with Gasteiger partial charge in [0.15, 0.2) is 0 Å². The number of hydrogen-bond donors (Lipinski definition) is 2. The van der Waals surface area contributed by atoms with Gasteiger partial charge in [0.1, 0.15) is 0 Å². The van der Waals surface area contributed by atoms with E-state index in [4.69, 9.17) is 5.11 Å². The van der Waals surface area contributed by atoms with Crippen LogP contribution in [0.15, 0.2) is 28.8 Å². The zero-order valence-electron chi connectivity index (χ0n) is 13.9. The zero-order valence-corrected chi connectivity index (χ0v) is 13.9. The van der Waals surface area contributed by atoms with Crippen molar-refractivity contribution in [1.29, 1.82) is 0 Å². The lowest BCUT2D eigenvalue weighted by Crippen LogP contribution is -2.44. The van der Waals surface area contributed by atoms with Gasteiger partial charge in [0, 0.05) is 11.6 Å². The van der Waals surface area contributed by atoms with Crippen molar-refractivity contribution in [2.24, 2.45) is 5.41 Å². The summed E-state index contributed by atoms with van der Waals surface area (Å²) in [6, 6.07) is 6.21. The number of alkyl halides is 3. The molecule has 2 aromatic rings. The summed E-state index contributed by atoms with van der Waals surface area (Å²) in [7, 11) is 0. The second-order valence-electron chi connectivity index (χ2n) is 6.69. The minimum absolute atomic E-state index is 0.157. The third-order valence-corrected chi connectivity index (χ3v) is 3.66. The maximum atomic E-state index is 12.5. The number of carbonyl (C=O) groups is 1. The number of aromatic nitrogens is 2. The summed E-state index contributed by atoms with van der Waals surface area (Å²) >= 11 is 0. The summed E-state index contributed by atoms with van der Waals surface area (Å²) in [6.45, 7) is 5.75. The Morgan fingerprint density at radius 3 is 2.28 bits per heavy atom. The number of hydrogen-bond acceptors (Lipinski definition) is 4. The van der Waals surface area contributed by atoms with Crippen LogP contribution in [0.4, 0.5) is 18.0 Å². The highest BCUT2D eigenvalue weighted by Gasteiger charge is 2.38. The van der Waals surface area contributed by atoms with Crippen molar-refractivity contribution in [2.45, 2.75) is 39.4 Å². The van der Waals surface area contributed by atoms with Gasteiger partial charge in [0.2, 0.25) is 5.82 Å². The first kappa shape index (κ1) is 18.8. The van der Waals surface area contributed by atoms with E-state index in [9.17, 15) is 18.0 Å². The molecule has 2 rings (SSSR count). The van der Waals surface area contributed by atoms with Gasteiger partial charge in [-0.05, 0) is 17.4 Å². The van der Waals surface area contributed by atoms with Crippen molar-refractivity contribution < 1.29 is 27.6 Å². The molecule has 25 heavy (non-hydrogen) atoms. The van der Waals surface area contributed by atoms with Crippen LogP contribution in [0, 0.1) is 5.41 Å². The molecule has 1 aromatic carbocycles. The van der Waals surface area contributed by atoms with Gasteiger partial charge in [-0.15, -0.1) is 0 Å². The normalized spacial score (nSPS) is 13.5. The van der Waals surface area contributed by atoms with Gasteiger partial charge in [-0.2, -0.15) is 18.2 Å². The van der Waals surface area contributed by atoms with E-state index in [0.717, 1.165) is 5.56 Å². The lowest BCUT2D eigenvalue weighted by atomic mass is 9.83. The zero-order chi connectivity index (χ0) is 18.8. The summed E-state index contributed by atoms with van der Waals surface area (Å²) in [5.74, 6) is -1.56. The van der Waals surface area contributed by atoms with Crippen molar-refractivity contribution in [3.8, 4) is 11.4 Å². The average molecular weight is 357 g/mol. The molecule has 0 aliphatic heterocycles. The summed E-state index contributed by atoms with van der Waals surface area (Å²) in [5, 5.41) is 14.8. The van der Waals surface area contributed by atoms with Crippen LogP contribution in [0.5, 0.6) is 0 Å². The molecule has 0 aliphatic carbocycles. The van der Waals surface area contributed by atoms with Crippen LogP contribution >= 0.6 is 0 Å². The minimum Gasteiger partial charge on any atom is -0.465 e. The molecule has 0 spiro atoms. The molecule has 0 bridgehead atoms. The monoisotopic (exact) mass is 357 g/mol. The highest BCUT2D eigenvalue weighted by atomic mass is 19.4. The van der Waals surface area contributed by atoms with E-state index in [0.29, 0.717) is 12.0 Å². The van der Waals surface area contributed by atoms with Crippen LogP contribution in [-0.2, 0) is 12.6 Å². The molecule has 1 amide bonds. The molecule has 0 saturated carbocycles. The summed E-state index contributed by atoms with van der Waals surface area (Å²) < 4.78 is 41.7. The fraction of sp³-hybridized carbons (Fsp3) is 0.438. The Kier molecular flexibility index (Phi) is 5.05. The lowest BCUT2D eigenvalue weighted by molar-refractivity contribution is -0.159. The average Bonchev–Trinajstić information content (AvgIpc) is 2.96. The topological polar surface area (TPSA) is 88.3 Å². The molecular weight excluding hydrogens is 339 g/mol. The number of rotatable bonds is 4. The van der Waals surface area contributed by atoms with E-state index < -0.39 is 18.2 Å². The number of amides is 1. The van der Waals surface area contributed by atoms with Gasteiger partial charge in [-0.1, -0.05) is 50.2 Å².